The van der Waals surface area contributed by atoms with E-state index in [0.717, 1.165) is 5.75 Å². The molecule has 0 aromatic heterocycles. The van der Waals surface area contributed by atoms with E-state index in [1.54, 1.807) is 31.4 Å². The van der Waals surface area contributed by atoms with Crippen molar-refractivity contribution in [3.05, 3.63) is 30.7 Å². The van der Waals surface area contributed by atoms with Gasteiger partial charge < -0.3 is 9.47 Å². The Morgan fingerprint density at radius 2 is 1.86 bits per heavy atom. The van der Waals surface area contributed by atoms with Crippen molar-refractivity contribution in [3.63, 3.8) is 0 Å². The zero-order valence-corrected chi connectivity index (χ0v) is 8.32. The van der Waals surface area contributed by atoms with Gasteiger partial charge in [0.2, 0.25) is 0 Å². The summed E-state index contributed by atoms with van der Waals surface area (Å²) in [5.74, 6) is 0.947. The number of rotatable bonds is 4. The lowest BCUT2D eigenvalue weighted by atomic mass is 10.3. The molecule has 0 unspecified atom stereocenters. The van der Waals surface area contributed by atoms with Crippen LogP contribution in [-0.4, -0.2) is 13.1 Å². The first kappa shape index (κ1) is 10.6. The Bertz CT molecular complexity index is 290. The van der Waals surface area contributed by atoms with E-state index < -0.39 is 0 Å². The van der Waals surface area contributed by atoms with E-state index in [9.17, 15) is 4.79 Å². The lowest BCUT2D eigenvalue weighted by Gasteiger charge is -2.03. The molecule has 0 N–H and O–H groups in total. The summed E-state index contributed by atoms with van der Waals surface area (Å²) in [4.78, 5) is 11.1. The quantitative estimate of drug-likeness (QED) is 0.543. The molecule has 3 nitrogen and oxygen atoms in total. The zero-order chi connectivity index (χ0) is 10.4. The average molecular weight is 193 g/mol. The van der Waals surface area contributed by atoms with Crippen LogP contribution < -0.4 is 9.47 Å². The monoisotopic (exact) mass is 193 g/mol. The van der Waals surface area contributed by atoms with E-state index in [1.165, 1.54) is 6.42 Å². The molecule has 1 aromatic rings. The van der Waals surface area contributed by atoms with Crippen molar-refractivity contribution in [3.8, 4) is 11.5 Å². The normalized spacial score (nSPS) is 9.57. The van der Waals surface area contributed by atoms with Gasteiger partial charge in [0.25, 0.3) is 0 Å². The lowest BCUT2D eigenvalue weighted by Crippen LogP contribution is -2.07. The molecule has 0 atom stereocenters. The molecule has 0 bridgehead atoms. The van der Waals surface area contributed by atoms with E-state index in [1.807, 2.05) is 6.92 Å². The maximum absolute atomic E-state index is 11.1. The molecular weight excluding hydrogens is 180 g/mol. The summed E-state index contributed by atoms with van der Waals surface area (Å²) in [5, 5.41) is 0. The molecule has 0 saturated heterocycles. The Labute approximate surface area is 83.6 Å². The number of methoxy groups -OCH3 is 1. The summed E-state index contributed by atoms with van der Waals surface area (Å²) < 4.78 is 9.98. The third-order valence-electron chi connectivity index (χ3n) is 1.65. The largest absolute Gasteiger partial charge is 0.497 e. The highest BCUT2D eigenvalue weighted by Gasteiger charge is 2.03. The molecule has 0 spiro atoms. The molecule has 0 aliphatic rings. The van der Waals surface area contributed by atoms with Crippen molar-refractivity contribution >= 4 is 5.97 Å². The van der Waals surface area contributed by atoms with Crippen molar-refractivity contribution in [2.24, 2.45) is 0 Å². The van der Waals surface area contributed by atoms with E-state index >= 15 is 0 Å². The van der Waals surface area contributed by atoms with Crippen LogP contribution in [0, 0.1) is 6.42 Å². The molecule has 0 amide bonds. The highest BCUT2D eigenvalue weighted by Crippen LogP contribution is 2.17. The second-order valence-corrected chi connectivity index (χ2v) is 2.71. The fourth-order valence-corrected chi connectivity index (χ4v) is 0.968. The van der Waals surface area contributed by atoms with E-state index in [0.29, 0.717) is 12.2 Å². The van der Waals surface area contributed by atoms with Gasteiger partial charge in [0.05, 0.1) is 13.5 Å². The van der Waals surface area contributed by atoms with Gasteiger partial charge in [0, 0.05) is 0 Å². The molecule has 0 heterocycles. The van der Waals surface area contributed by atoms with Crippen LogP contribution in [0.5, 0.6) is 11.5 Å². The minimum absolute atomic E-state index is 0.322. The lowest BCUT2D eigenvalue weighted by molar-refractivity contribution is -0.130. The van der Waals surface area contributed by atoms with Gasteiger partial charge in [-0.3, -0.25) is 4.79 Å². The van der Waals surface area contributed by atoms with Crippen LogP contribution >= 0.6 is 0 Å². The molecule has 75 valence electrons. The minimum atomic E-state index is -0.322. The molecule has 1 aromatic carbocycles. The van der Waals surface area contributed by atoms with Crippen LogP contribution in [0.25, 0.3) is 0 Å². The fraction of sp³-hybridized carbons (Fsp3) is 0.273. The van der Waals surface area contributed by atoms with Crippen molar-refractivity contribution < 1.29 is 14.3 Å². The van der Waals surface area contributed by atoms with Crippen molar-refractivity contribution in [1.82, 2.24) is 0 Å². The summed E-state index contributed by atoms with van der Waals surface area (Å²) in [5.41, 5.74) is 0. The van der Waals surface area contributed by atoms with Gasteiger partial charge >= 0.3 is 5.97 Å². The molecule has 0 aliphatic carbocycles. The fourth-order valence-electron chi connectivity index (χ4n) is 0.968. The average Bonchev–Trinajstić information content (AvgIpc) is 2.19. The summed E-state index contributed by atoms with van der Waals surface area (Å²) in [6.45, 7) is 1.88. The van der Waals surface area contributed by atoms with Gasteiger partial charge in [0.15, 0.2) is 0 Å². The van der Waals surface area contributed by atoms with Crippen molar-refractivity contribution in [2.75, 3.05) is 7.11 Å². The molecule has 1 rings (SSSR count). The van der Waals surface area contributed by atoms with Gasteiger partial charge in [0.1, 0.15) is 11.5 Å². The van der Waals surface area contributed by atoms with Crippen LogP contribution in [0.3, 0.4) is 0 Å². The predicted molar refractivity (Wildman–Crippen MR) is 53.2 cm³/mol. The predicted octanol–water partition coefficient (Wildman–Crippen LogP) is 2.21. The number of hydrogen-bond acceptors (Lipinski definition) is 3. The van der Waals surface area contributed by atoms with E-state index in [-0.39, 0.29) is 5.97 Å². The van der Waals surface area contributed by atoms with E-state index in [4.69, 9.17) is 9.47 Å². The number of carbonyl (C=O) groups excluding carboxylic acids is 1. The number of ether oxygens (including phenoxy) is 2. The molecular formula is C11H13O3. The highest BCUT2D eigenvalue weighted by molar-refractivity contribution is 5.80. The van der Waals surface area contributed by atoms with Crippen LogP contribution in [0.1, 0.15) is 13.3 Å². The summed E-state index contributed by atoms with van der Waals surface area (Å²) in [6.07, 6.45) is 2.17. The standard InChI is InChI=1S/C11H13O3/c1-3-4-11(12)14-10-7-5-9(13-2)6-8-10/h4-8H,3H2,1-2H3. The van der Waals surface area contributed by atoms with Crippen molar-refractivity contribution in [2.45, 2.75) is 13.3 Å². The molecule has 0 saturated carbocycles. The summed E-state index contributed by atoms with van der Waals surface area (Å²) in [6, 6.07) is 6.88. The number of esters is 1. The smallest absolute Gasteiger partial charge is 0.315 e. The Balaban J connectivity index is 2.55. The first-order valence-electron chi connectivity index (χ1n) is 4.45. The topological polar surface area (TPSA) is 35.5 Å². The number of carbonyl (C=O) groups is 1. The number of benzene rings is 1. The second kappa shape index (κ2) is 5.27. The highest BCUT2D eigenvalue weighted by atomic mass is 16.5. The molecule has 0 aliphatic heterocycles. The minimum Gasteiger partial charge on any atom is -0.497 e. The maximum atomic E-state index is 11.1. The van der Waals surface area contributed by atoms with Crippen LogP contribution in [0.15, 0.2) is 24.3 Å². The van der Waals surface area contributed by atoms with Crippen molar-refractivity contribution in [1.29, 1.82) is 0 Å². The number of hydrogen-bond donors (Lipinski definition) is 0. The molecule has 1 radical (unpaired) electrons. The third-order valence-corrected chi connectivity index (χ3v) is 1.65. The van der Waals surface area contributed by atoms with E-state index in [2.05, 4.69) is 0 Å². The Morgan fingerprint density at radius 1 is 1.29 bits per heavy atom. The van der Waals surface area contributed by atoms with Crippen LogP contribution in [-0.2, 0) is 4.79 Å². The van der Waals surface area contributed by atoms with Crippen LogP contribution in [0.4, 0.5) is 0 Å². The van der Waals surface area contributed by atoms with Gasteiger partial charge in [-0.2, -0.15) is 0 Å². The first-order chi connectivity index (χ1) is 6.76. The van der Waals surface area contributed by atoms with Crippen LogP contribution in [0.2, 0.25) is 0 Å². The second-order valence-electron chi connectivity index (χ2n) is 2.71. The molecule has 3 heteroatoms. The molecule has 14 heavy (non-hydrogen) atoms. The van der Waals surface area contributed by atoms with Gasteiger partial charge in [-0.15, -0.1) is 0 Å². The Kier molecular flexibility index (Phi) is 3.98. The molecule has 0 fully saturated rings. The maximum Gasteiger partial charge on any atom is 0.315 e. The zero-order valence-electron chi connectivity index (χ0n) is 8.32. The van der Waals surface area contributed by atoms with Gasteiger partial charge in [-0.1, -0.05) is 6.92 Å². The summed E-state index contributed by atoms with van der Waals surface area (Å²) in [7, 11) is 1.59. The van der Waals surface area contributed by atoms with Gasteiger partial charge in [-0.05, 0) is 30.7 Å². The first-order valence-corrected chi connectivity index (χ1v) is 4.45. The van der Waals surface area contributed by atoms with Gasteiger partial charge in [-0.25, -0.2) is 0 Å². The SMILES string of the molecule is CC[CH]C(=O)Oc1ccc(OC)cc1. The third kappa shape index (κ3) is 3.09. The Morgan fingerprint density at radius 3 is 2.36 bits per heavy atom. The Hall–Kier alpha value is -1.51. The summed E-state index contributed by atoms with van der Waals surface area (Å²) >= 11 is 0.